The topological polar surface area (TPSA) is 118 Å². The molecule has 210 valence electrons. The summed E-state index contributed by atoms with van der Waals surface area (Å²) < 4.78 is 20.5. The van der Waals surface area contributed by atoms with Crippen molar-refractivity contribution in [1.29, 1.82) is 0 Å². The maximum Gasteiger partial charge on any atom is 0.247 e. The van der Waals surface area contributed by atoms with Crippen molar-refractivity contribution in [3.63, 3.8) is 0 Å². The minimum atomic E-state index is -0.705. The van der Waals surface area contributed by atoms with Crippen molar-refractivity contribution in [3.05, 3.63) is 114 Å². The molecule has 41 heavy (non-hydrogen) atoms. The van der Waals surface area contributed by atoms with Crippen molar-refractivity contribution in [1.82, 2.24) is 19.5 Å². The standard InChI is InChI=1S/C32H33N5O4/c33-32-35-30-28(31(36-32)41-19-24-14-8-3-9-15-24)34-21-37(30)29-25(20-39-17-22-10-4-1-5-11-22)27(16-26(29)38)40-18-23-12-6-2-7-13-23/h1-15,21,25-27,29,38H,16-20H2,(H2,33,35,36)/t25-,26-,27-,29-/m1/s1. The second-order valence-corrected chi connectivity index (χ2v) is 10.3. The summed E-state index contributed by atoms with van der Waals surface area (Å²) in [7, 11) is 0. The van der Waals surface area contributed by atoms with Crippen molar-refractivity contribution >= 4 is 17.1 Å². The number of hydrogen-bond acceptors (Lipinski definition) is 8. The fourth-order valence-electron chi connectivity index (χ4n) is 5.46. The van der Waals surface area contributed by atoms with E-state index in [9.17, 15) is 5.11 Å². The van der Waals surface area contributed by atoms with Gasteiger partial charge in [-0.2, -0.15) is 9.97 Å². The highest BCUT2D eigenvalue weighted by molar-refractivity contribution is 5.77. The van der Waals surface area contributed by atoms with Gasteiger partial charge in [-0.25, -0.2) is 4.98 Å². The van der Waals surface area contributed by atoms with Crippen LogP contribution < -0.4 is 10.5 Å². The van der Waals surface area contributed by atoms with E-state index in [2.05, 4.69) is 15.0 Å². The Kier molecular flexibility index (Phi) is 8.18. The molecule has 0 amide bonds. The molecule has 0 aliphatic heterocycles. The monoisotopic (exact) mass is 551 g/mol. The van der Waals surface area contributed by atoms with Crippen LogP contribution in [0.3, 0.4) is 0 Å². The number of anilines is 1. The Balaban J connectivity index is 1.27. The minimum absolute atomic E-state index is 0.0727. The number of nitrogen functional groups attached to an aromatic ring is 1. The third-order valence-electron chi connectivity index (χ3n) is 7.46. The first-order valence-corrected chi connectivity index (χ1v) is 13.8. The number of fused-ring (bicyclic) bond motifs is 1. The number of nitrogens with zero attached hydrogens (tertiary/aromatic N) is 4. The van der Waals surface area contributed by atoms with Gasteiger partial charge in [0.25, 0.3) is 0 Å². The van der Waals surface area contributed by atoms with Crippen LogP contribution in [-0.4, -0.2) is 43.4 Å². The van der Waals surface area contributed by atoms with Gasteiger partial charge in [0.1, 0.15) is 6.61 Å². The second kappa shape index (κ2) is 12.5. The zero-order valence-electron chi connectivity index (χ0n) is 22.6. The van der Waals surface area contributed by atoms with Gasteiger partial charge >= 0.3 is 0 Å². The molecule has 6 rings (SSSR count). The number of benzene rings is 3. The van der Waals surface area contributed by atoms with Gasteiger partial charge in [-0.3, -0.25) is 0 Å². The number of imidazole rings is 1. The lowest BCUT2D eigenvalue weighted by Gasteiger charge is -2.27. The van der Waals surface area contributed by atoms with Crippen LogP contribution in [0.15, 0.2) is 97.3 Å². The Bertz CT molecular complexity index is 1550. The van der Waals surface area contributed by atoms with Crippen LogP contribution in [0.25, 0.3) is 11.2 Å². The predicted octanol–water partition coefficient (Wildman–Crippen LogP) is 4.71. The van der Waals surface area contributed by atoms with Crippen molar-refractivity contribution in [3.8, 4) is 5.88 Å². The SMILES string of the molecule is Nc1nc(OCc2ccccc2)c2ncn([C@@H]3[C@H](COCc4ccccc4)[C@H](OCc4ccccc4)C[C@H]3O)c2n1. The molecule has 2 aromatic heterocycles. The van der Waals surface area contributed by atoms with Crippen LogP contribution in [0.2, 0.25) is 0 Å². The number of rotatable bonds is 11. The largest absolute Gasteiger partial charge is 0.471 e. The van der Waals surface area contributed by atoms with E-state index in [1.807, 2.05) is 95.6 Å². The van der Waals surface area contributed by atoms with Crippen LogP contribution in [0, 0.1) is 5.92 Å². The van der Waals surface area contributed by atoms with Crippen LogP contribution in [0.4, 0.5) is 5.95 Å². The van der Waals surface area contributed by atoms with Gasteiger partial charge in [-0.1, -0.05) is 91.0 Å². The average Bonchev–Trinajstić information content (AvgIpc) is 3.56. The summed E-state index contributed by atoms with van der Waals surface area (Å²) >= 11 is 0. The van der Waals surface area contributed by atoms with Gasteiger partial charge in [0, 0.05) is 12.3 Å². The fraction of sp³-hybridized carbons (Fsp3) is 0.281. The van der Waals surface area contributed by atoms with Crippen molar-refractivity contribution in [2.75, 3.05) is 12.3 Å². The average molecular weight is 552 g/mol. The third-order valence-corrected chi connectivity index (χ3v) is 7.46. The fourth-order valence-corrected chi connectivity index (χ4v) is 5.46. The van der Waals surface area contributed by atoms with Crippen LogP contribution in [-0.2, 0) is 29.3 Å². The van der Waals surface area contributed by atoms with E-state index in [4.69, 9.17) is 19.9 Å². The Morgan fingerprint density at radius 3 is 2.07 bits per heavy atom. The van der Waals surface area contributed by atoms with E-state index >= 15 is 0 Å². The molecule has 0 unspecified atom stereocenters. The van der Waals surface area contributed by atoms with Gasteiger partial charge in [-0.05, 0) is 16.7 Å². The maximum absolute atomic E-state index is 11.4. The van der Waals surface area contributed by atoms with Crippen molar-refractivity contribution in [2.45, 2.75) is 44.5 Å². The molecule has 9 heteroatoms. The van der Waals surface area contributed by atoms with Crippen molar-refractivity contribution < 1.29 is 19.3 Å². The van der Waals surface area contributed by atoms with E-state index in [0.29, 0.717) is 49.9 Å². The Labute approximate surface area is 238 Å². The van der Waals surface area contributed by atoms with E-state index in [0.717, 1.165) is 16.7 Å². The molecule has 1 aliphatic rings. The zero-order chi connectivity index (χ0) is 28.0. The van der Waals surface area contributed by atoms with E-state index in [1.54, 1.807) is 6.33 Å². The third kappa shape index (κ3) is 6.22. The van der Waals surface area contributed by atoms with E-state index < -0.39 is 12.1 Å². The lowest BCUT2D eigenvalue weighted by molar-refractivity contribution is -0.0273. The number of aliphatic hydroxyl groups is 1. The number of aromatic nitrogens is 4. The quantitative estimate of drug-likeness (QED) is 0.242. The van der Waals surface area contributed by atoms with Gasteiger partial charge in [0.15, 0.2) is 11.2 Å². The first-order chi connectivity index (χ1) is 20.2. The van der Waals surface area contributed by atoms with E-state index in [1.165, 1.54) is 0 Å². The number of nitrogens with two attached hydrogens (primary N) is 1. The highest BCUT2D eigenvalue weighted by Gasteiger charge is 2.45. The summed E-state index contributed by atoms with van der Waals surface area (Å²) in [5.74, 6) is 0.208. The predicted molar refractivity (Wildman–Crippen MR) is 155 cm³/mol. The lowest BCUT2D eigenvalue weighted by Crippen LogP contribution is -2.30. The Morgan fingerprint density at radius 2 is 1.41 bits per heavy atom. The first kappa shape index (κ1) is 26.9. The summed E-state index contributed by atoms with van der Waals surface area (Å²) in [6.07, 6.45) is 1.18. The van der Waals surface area contributed by atoms with Gasteiger partial charge in [0.2, 0.25) is 11.8 Å². The highest BCUT2D eigenvalue weighted by Crippen LogP contribution is 2.41. The summed E-state index contributed by atoms with van der Waals surface area (Å²) in [4.78, 5) is 13.4. The molecule has 2 heterocycles. The summed E-state index contributed by atoms with van der Waals surface area (Å²) in [5.41, 5.74) is 10.3. The zero-order valence-corrected chi connectivity index (χ0v) is 22.6. The molecule has 3 aromatic carbocycles. The van der Waals surface area contributed by atoms with Gasteiger partial charge in [0.05, 0.1) is 44.4 Å². The smallest absolute Gasteiger partial charge is 0.247 e. The highest BCUT2D eigenvalue weighted by atomic mass is 16.5. The molecular formula is C32H33N5O4. The van der Waals surface area contributed by atoms with Crippen molar-refractivity contribution in [2.24, 2.45) is 5.92 Å². The summed E-state index contributed by atoms with van der Waals surface area (Å²) in [6, 6.07) is 29.5. The van der Waals surface area contributed by atoms with Gasteiger partial charge < -0.3 is 29.6 Å². The molecule has 4 atom stereocenters. The second-order valence-electron chi connectivity index (χ2n) is 10.3. The molecule has 1 saturated carbocycles. The van der Waals surface area contributed by atoms with Crippen LogP contribution in [0.5, 0.6) is 5.88 Å². The molecule has 5 aromatic rings. The molecule has 0 bridgehead atoms. The number of aliphatic hydroxyl groups excluding tert-OH is 1. The number of ether oxygens (including phenoxy) is 3. The molecule has 1 fully saturated rings. The summed E-state index contributed by atoms with van der Waals surface area (Å²) in [5, 5.41) is 11.4. The Hall–Kier alpha value is -4.31. The molecule has 9 nitrogen and oxygen atoms in total. The normalized spacial score (nSPS) is 20.4. The Morgan fingerprint density at radius 1 is 0.805 bits per heavy atom. The van der Waals surface area contributed by atoms with E-state index in [-0.39, 0.29) is 18.0 Å². The summed E-state index contributed by atoms with van der Waals surface area (Å²) in [6.45, 7) is 1.60. The minimum Gasteiger partial charge on any atom is -0.471 e. The molecule has 0 saturated heterocycles. The molecule has 0 spiro atoms. The molecule has 1 aliphatic carbocycles. The van der Waals surface area contributed by atoms with Crippen LogP contribution in [0.1, 0.15) is 29.2 Å². The number of hydrogen-bond donors (Lipinski definition) is 2. The lowest BCUT2D eigenvalue weighted by atomic mass is 10.0. The van der Waals surface area contributed by atoms with Crippen LogP contribution >= 0.6 is 0 Å². The first-order valence-electron chi connectivity index (χ1n) is 13.8. The molecular weight excluding hydrogens is 518 g/mol. The molecule has 3 N–H and O–H groups in total. The van der Waals surface area contributed by atoms with Gasteiger partial charge in [-0.15, -0.1) is 0 Å². The molecule has 0 radical (unpaired) electrons. The maximum atomic E-state index is 11.4.